The monoisotopic (exact) mass is 273 g/mol. The molecule has 1 atom stereocenters. The molecule has 2 aromatic rings. The van der Waals surface area contributed by atoms with E-state index in [1.807, 2.05) is 13.0 Å². The first-order valence-electron chi connectivity index (χ1n) is 6.37. The van der Waals surface area contributed by atoms with Crippen LogP contribution in [0.25, 0.3) is 0 Å². The van der Waals surface area contributed by atoms with Gasteiger partial charge in [-0.1, -0.05) is 24.3 Å². The molecule has 4 heteroatoms. The van der Waals surface area contributed by atoms with Crippen LogP contribution in [0.1, 0.15) is 34.5 Å². The van der Waals surface area contributed by atoms with Gasteiger partial charge in [0.25, 0.3) is 0 Å². The van der Waals surface area contributed by atoms with Crippen molar-refractivity contribution in [1.82, 2.24) is 5.32 Å². The average Bonchev–Trinajstić information content (AvgIpc) is 2.46. The highest BCUT2D eigenvalue weighted by atomic mass is 19.1. The summed E-state index contributed by atoms with van der Waals surface area (Å²) in [6, 6.07) is 13.2. The lowest BCUT2D eigenvalue weighted by molar-refractivity contribution is 0.0696. The molecule has 0 radical (unpaired) electrons. The molecule has 2 N–H and O–H groups in total. The topological polar surface area (TPSA) is 49.3 Å². The van der Waals surface area contributed by atoms with Crippen LogP contribution in [0.4, 0.5) is 4.39 Å². The van der Waals surface area contributed by atoms with Crippen molar-refractivity contribution >= 4 is 5.97 Å². The SMILES string of the molecule is C[C@@H](NCc1cccc(C(=O)O)c1)c1ccc(F)cc1. The van der Waals surface area contributed by atoms with E-state index in [1.54, 1.807) is 30.3 Å². The Hall–Kier alpha value is -2.20. The highest BCUT2D eigenvalue weighted by Crippen LogP contribution is 2.14. The maximum absolute atomic E-state index is 12.8. The number of carboxylic acids is 1. The number of nitrogens with one attached hydrogen (secondary N) is 1. The van der Waals surface area contributed by atoms with E-state index in [9.17, 15) is 9.18 Å². The molecule has 0 aromatic heterocycles. The highest BCUT2D eigenvalue weighted by molar-refractivity contribution is 5.87. The minimum absolute atomic E-state index is 0.0593. The van der Waals surface area contributed by atoms with Gasteiger partial charge in [0.05, 0.1) is 5.56 Å². The number of carbonyl (C=O) groups is 1. The third-order valence-electron chi connectivity index (χ3n) is 3.16. The lowest BCUT2D eigenvalue weighted by atomic mass is 10.1. The van der Waals surface area contributed by atoms with E-state index in [1.165, 1.54) is 12.1 Å². The minimum atomic E-state index is -0.932. The summed E-state index contributed by atoms with van der Waals surface area (Å²) in [6.07, 6.45) is 0. The molecule has 0 aliphatic rings. The van der Waals surface area contributed by atoms with E-state index in [2.05, 4.69) is 5.32 Å². The zero-order valence-electron chi connectivity index (χ0n) is 11.1. The maximum atomic E-state index is 12.8. The second-order valence-corrected chi connectivity index (χ2v) is 4.66. The Labute approximate surface area is 117 Å². The predicted octanol–water partition coefficient (Wildman–Crippen LogP) is 3.37. The molecule has 0 bridgehead atoms. The van der Waals surface area contributed by atoms with Crippen LogP contribution in [0.15, 0.2) is 48.5 Å². The smallest absolute Gasteiger partial charge is 0.335 e. The Kier molecular flexibility index (Phi) is 4.48. The number of hydrogen-bond acceptors (Lipinski definition) is 2. The van der Waals surface area contributed by atoms with E-state index in [-0.39, 0.29) is 17.4 Å². The van der Waals surface area contributed by atoms with Gasteiger partial charge < -0.3 is 10.4 Å². The molecule has 2 rings (SSSR count). The summed E-state index contributed by atoms with van der Waals surface area (Å²) in [6.45, 7) is 2.54. The largest absolute Gasteiger partial charge is 0.478 e. The van der Waals surface area contributed by atoms with Crippen molar-refractivity contribution in [2.75, 3.05) is 0 Å². The van der Waals surface area contributed by atoms with Crippen LogP contribution in [0.2, 0.25) is 0 Å². The number of rotatable bonds is 5. The zero-order chi connectivity index (χ0) is 14.5. The molecule has 0 heterocycles. The van der Waals surface area contributed by atoms with Gasteiger partial charge in [-0.25, -0.2) is 9.18 Å². The van der Waals surface area contributed by atoms with Crippen molar-refractivity contribution < 1.29 is 14.3 Å². The normalized spacial score (nSPS) is 12.1. The summed E-state index contributed by atoms with van der Waals surface area (Å²) >= 11 is 0. The van der Waals surface area contributed by atoms with Crippen LogP contribution in [-0.4, -0.2) is 11.1 Å². The molecule has 20 heavy (non-hydrogen) atoms. The average molecular weight is 273 g/mol. The van der Waals surface area contributed by atoms with E-state index in [0.29, 0.717) is 6.54 Å². The van der Waals surface area contributed by atoms with Gasteiger partial charge >= 0.3 is 5.97 Å². The molecular weight excluding hydrogens is 257 g/mol. The van der Waals surface area contributed by atoms with Gasteiger partial charge in [0, 0.05) is 12.6 Å². The molecule has 0 saturated carbocycles. The summed E-state index contributed by atoms with van der Waals surface area (Å²) in [5.74, 6) is -1.19. The minimum Gasteiger partial charge on any atom is -0.478 e. The molecule has 0 amide bonds. The van der Waals surface area contributed by atoms with Crippen molar-refractivity contribution in [3.05, 3.63) is 71.0 Å². The highest BCUT2D eigenvalue weighted by Gasteiger charge is 2.07. The molecule has 2 aromatic carbocycles. The molecule has 104 valence electrons. The van der Waals surface area contributed by atoms with Gasteiger partial charge in [0.2, 0.25) is 0 Å². The van der Waals surface area contributed by atoms with Crippen LogP contribution >= 0.6 is 0 Å². The van der Waals surface area contributed by atoms with Crippen molar-refractivity contribution in [2.24, 2.45) is 0 Å². The Morgan fingerprint density at radius 3 is 2.60 bits per heavy atom. The quantitative estimate of drug-likeness (QED) is 0.878. The van der Waals surface area contributed by atoms with Gasteiger partial charge in [-0.05, 0) is 42.3 Å². The lowest BCUT2D eigenvalue weighted by Gasteiger charge is -2.14. The fourth-order valence-corrected chi connectivity index (χ4v) is 1.95. The number of carboxylic acid groups (broad SMARTS) is 1. The van der Waals surface area contributed by atoms with E-state index < -0.39 is 5.97 Å². The lowest BCUT2D eigenvalue weighted by Crippen LogP contribution is -2.18. The Morgan fingerprint density at radius 1 is 1.25 bits per heavy atom. The predicted molar refractivity (Wildman–Crippen MR) is 75.1 cm³/mol. The summed E-state index contributed by atoms with van der Waals surface area (Å²) in [7, 11) is 0. The van der Waals surface area contributed by atoms with Crippen molar-refractivity contribution in [3.63, 3.8) is 0 Å². The van der Waals surface area contributed by atoms with Crippen molar-refractivity contribution in [3.8, 4) is 0 Å². The molecule has 0 fully saturated rings. The summed E-state index contributed by atoms with van der Waals surface area (Å²) < 4.78 is 12.8. The van der Waals surface area contributed by atoms with Crippen LogP contribution < -0.4 is 5.32 Å². The van der Waals surface area contributed by atoms with Gasteiger partial charge in [-0.15, -0.1) is 0 Å². The first kappa shape index (κ1) is 14.2. The summed E-state index contributed by atoms with van der Waals surface area (Å²) in [5.41, 5.74) is 2.17. The van der Waals surface area contributed by atoms with Gasteiger partial charge in [0.1, 0.15) is 5.82 Å². The Balaban J connectivity index is 1.99. The Morgan fingerprint density at radius 2 is 1.95 bits per heavy atom. The van der Waals surface area contributed by atoms with Gasteiger partial charge in [0.15, 0.2) is 0 Å². The number of halogens is 1. The summed E-state index contributed by atoms with van der Waals surface area (Å²) in [5, 5.41) is 12.2. The Bertz CT molecular complexity index is 596. The summed E-state index contributed by atoms with van der Waals surface area (Å²) in [4.78, 5) is 10.9. The second kappa shape index (κ2) is 6.30. The third kappa shape index (κ3) is 3.65. The third-order valence-corrected chi connectivity index (χ3v) is 3.16. The van der Waals surface area contributed by atoms with Crippen LogP contribution in [-0.2, 0) is 6.54 Å². The zero-order valence-corrected chi connectivity index (χ0v) is 11.1. The first-order valence-corrected chi connectivity index (χ1v) is 6.37. The number of aromatic carboxylic acids is 1. The number of benzene rings is 2. The number of hydrogen-bond donors (Lipinski definition) is 2. The molecule has 3 nitrogen and oxygen atoms in total. The van der Waals surface area contributed by atoms with E-state index in [4.69, 9.17) is 5.11 Å². The fourth-order valence-electron chi connectivity index (χ4n) is 1.95. The molecule has 0 saturated heterocycles. The molecule has 0 aliphatic heterocycles. The van der Waals surface area contributed by atoms with Crippen LogP contribution in [0.5, 0.6) is 0 Å². The van der Waals surface area contributed by atoms with E-state index in [0.717, 1.165) is 11.1 Å². The van der Waals surface area contributed by atoms with Crippen LogP contribution in [0.3, 0.4) is 0 Å². The maximum Gasteiger partial charge on any atom is 0.335 e. The fraction of sp³-hybridized carbons (Fsp3) is 0.188. The standard InChI is InChI=1S/C16H16FNO2/c1-11(13-5-7-15(17)8-6-13)18-10-12-3-2-4-14(9-12)16(19)20/h2-9,11,18H,10H2,1H3,(H,19,20)/t11-/m1/s1. The molecule has 0 unspecified atom stereocenters. The van der Waals surface area contributed by atoms with E-state index >= 15 is 0 Å². The molecule has 0 spiro atoms. The molecular formula is C16H16FNO2. The molecule has 0 aliphatic carbocycles. The van der Waals surface area contributed by atoms with Gasteiger partial charge in [-0.3, -0.25) is 0 Å². The first-order chi connectivity index (χ1) is 9.56. The van der Waals surface area contributed by atoms with Crippen molar-refractivity contribution in [1.29, 1.82) is 0 Å². The van der Waals surface area contributed by atoms with Crippen molar-refractivity contribution in [2.45, 2.75) is 19.5 Å². The van der Waals surface area contributed by atoms with Gasteiger partial charge in [-0.2, -0.15) is 0 Å². The second-order valence-electron chi connectivity index (χ2n) is 4.66. The van der Waals surface area contributed by atoms with Crippen LogP contribution in [0, 0.1) is 5.82 Å².